The summed E-state index contributed by atoms with van der Waals surface area (Å²) in [4.78, 5) is 4.10. The molecule has 0 amide bonds. The van der Waals surface area contributed by atoms with Gasteiger partial charge in [0.2, 0.25) is 0 Å². The Kier molecular flexibility index (Phi) is 3.77. The number of hydrogen-bond donors (Lipinski definition) is 1. The summed E-state index contributed by atoms with van der Waals surface area (Å²) in [6, 6.07) is 3.13. The molecule has 0 bridgehead atoms. The van der Waals surface area contributed by atoms with E-state index in [1.807, 2.05) is 6.92 Å². The standard InChI is InChI=1S/C14H21FN2/c1-14(16,9-8-11-4-2-3-5-11)13-7-6-12(15)10-17-13/h6-7,10-11H,2-5,8-9,16H2,1H3. The van der Waals surface area contributed by atoms with Gasteiger partial charge in [-0.2, -0.15) is 0 Å². The fourth-order valence-electron chi connectivity index (χ4n) is 2.64. The largest absolute Gasteiger partial charge is 0.320 e. The van der Waals surface area contributed by atoms with E-state index in [1.54, 1.807) is 6.07 Å². The summed E-state index contributed by atoms with van der Waals surface area (Å²) < 4.78 is 12.8. The molecule has 94 valence electrons. The maximum absolute atomic E-state index is 12.8. The van der Waals surface area contributed by atoms with Crippen LogP contribution < -0.4 is 5.73 Å². The molecular weight excluding hydrogens is 215 g/mol. The van der Waals surface area contributed by atoms with Crippen LogP contribution in [0.5, 0.6) is 0 Å². The van der Waals surface area contributed by atoms with Gasteiger partial charge in [-0.15, -0.1) is 0 Å². The van der Waals surface area contributed by atoms with Crippen molar-refractivity contribution in [3.05, 3.63) is 29.8 Å². The van der Waals surface area contributed by atoms with E-state index in [1.165, 1.54) is 37.9 Å². The van der Waals surface area contributed by atoms with Crippen LogP contribution >= 0.6 is 0 Å². The molecule has 17 heavy (non-hydrogen) atoms. The summed E-state index contributed by atoms with van der Waals surface area (Å²) in [6.45, 7) is 1.99. The van der Waals surface area contributed by atoms with Gasteiger partial charge < -0.3 is 5.73 Å². The summed E-state index contributed by atoms with van der Waals surface area (Å²) in [5.41, 5.74) is 6.64. The number of aromatic nitrogens is 1. The molecule has 1 aromatic heterocycles. The van der Waals surface area contributed by atoms with Gasteiger partial charge in [0.25, 0.3) is 0 Å². The molecule has 1 aliphatic carbocycles. The Morgan fingerprint density at radius 1 is 1.41 bits per heavy atom. The second kappa shape index (κ2) is 5.13. The van der Waals surface area contributed by atoms with Crippen molar-refractivity contribution < 1.29 is 4.39 Å². The lowest BCUT2D eigenvalue weighted by Gasteiger charge is -2.25. The molecule has 1 saturated carbocycles. The molecule has 2 rings (SSSR count). The van der Waals surface area contributed by atoms with Gasteiger partial charge >= 0.3 is 0 Å². The molecule has 0 aliphatic heterocycles. The molecule has 0 saturated heterocycles. The van der Waals surface area contributed by atoms with E-state index >= 15 is 0 Å². The van der Waals surface area contributed by atoms with Gasteiger partial charge in [0.1, 0.15) is 5.82 Å². The van der Waals surface area contributed by atoms with Gasteiger partial charge in [-0.25, -0.2) is 4.39 Å². The maximum Gasteiger partial charge on any atom is 0.141 e. The predicted octanol–water partition coefficient (Wildman–Crippen LogP) is 3.37. The van der Waals surface area contributed by atoms with Crippen LogP contribution in [0.4, 0.5) is 4.39 Å². The number of rotatable bonds is 4. The molecule has 1 heterocycles. The Morgan fingerprint density at radius 3 is 2.71 bits per heavy atom. The Hall–Kier alpha value is -0.960. The van der Waals surface area contributed by atoms with Crippen molar-refractivity contribution in [3.63, 3.8) is 0 Å². The topological polar surface area (TPSA) is 38.9 Å². The number of halogens is 1. The lowest BCUT2D eigenvalue weighted by atomic mass is 9.88. The molecule has 1 aliphatic rings. The highest BCUT2D eigenvalue weighted by Crippen LogP contribution is 2.32. The summed E-state index contributed by atoms with van der Waals surface area (Å²) in [5.74, 6) is 0.527. The first-order chi connectivity index (χ1) is 8.08. The first kappa shape index (κ1) is 12.5. The fraction of sp³-hybridized carbons (Fsp3) is 0.643. The Bertz CT molecular complexity index is 353. The molecule has 1 fully saturated rings. The minimum atomic E-state index is -0.434. The van der Waals surface area contributed by atoms with E-state index in [-0.39, 0.29) is 5.82 Å². The summed E-state index contributed by atoms with van der Waals surface area (Å²) >= 11 is 0. The molecule has 1 aromatic rings. The van der Waals surface area contributed by atoms with Crippen LogP contribution in [-0.2, 0) is 5.54 Å². The van der Waals surface area contributed by atoms with E-state index in [9.17, 15) is 4.39 Å². The van der Waals surface area contributed by atoms with Gasteiger partial charge in [0, 0.05) is 0 Å². The number of hydrogen-bond acceptors (Lipinski definition) is 2. The second-order valence-corrected chi connectivity index (χ2v) is 5.47. The normalized spacial score (nSPS) is 20.4. The lowest BCUT2D eigenvalue weighted by molar-refractivity contribution is 0.366. The van der Waals surface area contributed by atoms with Gasteiger partial charge in [-0.1, -0.05) is 25.7 Å². The van der Waals surface area contributed by atoms with E-state index in [0.29, 0.717) is 0 Å². The van der Waals surface area contributed by atoms with Crippen LogP contribution in [0.25, 0.3) is 0 Å². The van der Waals surface area contributed by atoms with Crippen LogP contribution in [0.2, 0.25) is 0 Å². The van der Waals surface area contributed by atoms with Gasteiger partial charge in [-0.3, -0.25) is 4.98 Å². The second-order valence-electron chi connectivity index (χ2n) is 5.47. The summed E-state index contributed by atoms with van der Waals surface area (Å²) in [5, 5.41) is 0. The molecule has 2 N–H and O–H groups in total. The molecule has 3 heteroatoms. The molecule has 0 radical (unpaired) electrons. The van der Waals surface area contributed by atoms with Crippen molar-refractivity contribution in [3.8, 4) is 0 Å². The highest BCUT2D eigenvalue weighted by molar-refractivity contribution is 5.14. The van der Waals surface area contributed by atoms with E-state index in [0.717, 1.165) is 24.5 Å². The van der Waals surface area contributed by atoms with Crippen molar-refractivity contribution >= 4 is 0 Å². The minimum absolute atomic E-state index is 0.305. The Labute approximate surface area is 102 Å². The molecule has 2 nitrogen and oxygen atoms in total. The molecule has 1 atom stereocenters. The Morgan fingerprint density at radius 2 is 2.12 bits per heavy atom. The van der Waals surface area contributed by atoms with Crippen LogP contribution in [0.3, 0.4) is 0 Å². The predicted molar refractivity (Wildman–Crippen MR) is 66.9 cm³/mol. The third kappa shape index (κ3) is 3.25. The average molecular weight is 236 g/mol. The molecule has 0 spiro atoms. The van der Waals surface area contributed by atoms with Crippen molar-refractivity contribution in [2.45, 2.75) is 51.0 Å². The smallest absolute Gasteiger partial charge is 0.141 e. The quantitative estimate of drug-likeness (QED) is 0.870. The van der Waals surface area contributed by atoms with E-state index < -0.39 is 5.54 Å². The highest BCUT2D eigenvalue weighted by Gasteiger charge is 2.25. The molecule has 0 aromatic carbocycles. The SMILES string of the molecule is CC(N)(CCC1CCCC1)c1ccc(F)cn1. The highest BCUT2D eigenvalue weighted by atomic mass is 19.1. The maximum atomic E-state index is 12.8. The van der Waals surface area contributed by atoms with Crippen molar-refractivity contribution in [1.29, 1.82) is 0 Å². The molecular formula is C14H21FN2. The first-order valence-electron chi connectivity index (χ1n) is 6.49. The number of nitrogens with zero attached hydrogens (tertiary/aromatic N) is 1. The summed E-state index contributed by atoms with van der Waals surface area (Å²) in [6.07, 6.45) is 8.74. The van der Waals surface area contributed by atoms with Gasteiger partial charge in [0.05, 0.1) is 17.4 Å². The van der Waals surface area contributed by atoms with Gasteiger partial charge in [0.15, 0.2) is 0 Å². The zero-order chi connectivity index (χ0) is 12.3. The average Bonchev–Trinajstić information content (AvgIpc) is 2.80. The van der Waals surface area contributed by atoms with Crippen molar-refractivity contribution in [2.75, 3.05) is 0 Å². The minimum Gasteiger partial charge on any atom is -0.320 e. The third-order valence-corrected chi connectivity index (χ3v) is 3.86. The van der Waals surface area contributed by atoms with Crippen LogP contribution in [0, 0.1) is 11.7 Å². The zero-order valence-electron chi connectivity index (χ0n) is 10.5. The third-order valence-electron chi connectivity index (χ3n) is 3.86. The fourth-order valence-corrected chi connectivity index (χ4v) is 2.64. The van der Waals surface area contributed by atoms with Crippen LogP contribution in [0.1, 0.15) is 51.1 Å². The van der Waals surface area contributed by atoms with Crippen molar-refractivity contribution in [2.24, 2.45) is 11.7 Å². The van der Waals surface area contributed by atoms with E-state index in [2.05, 4.69) is 4.98 Å². The lowest BCUT2D eigenvalue weighted by Crippen LogP contribution is -2.34. The monoisotopic (exact) mass is 236 g/mol. The van der Waals surface area contributed by atoms with Crippen molar-refractivity contribution in [1.82, 2.24) is 4.98 Å². The number of pyridine rings is 1. The van der Waals surface area contributed by atoms with Crippen LogP contribution in [-0.4, -0.2) is 4.98 Å². The Balaban J connectivity index is 1.94. The van der Waals surface area contributed by atoms with Crippen LogP contribution in [0.15, 0.2) is 18.3 Å². The van der Waals surface area contributed by atoms with Gasteiger partial charge in [-0.05, 0) is 37.8 Å². The first-order valence-corrected chi connectivity index (χ1v) is 6.49. The zero-order valence-corrected chi connectivity index (χ0v) is 10.5. The number of nitrogens with two attached hydrogens (primary N) is 1. The molecule has 1 unspecified atom stereocenters. The summed E-state index contributed by atoms with van der Waals surface area (Å²) in [7, 11) is 0. The van der Waals surface area contributed by atoms with E-state index in [4.69, 9.17) is 5.73 Å².